The molecule has 1 fully saturated rings. The summed E-state index contributed by atoms with van der Waals surface area (Å²) < 4.78 is 10.5. The summed E-state index contributed by atoms with van der Waals surface area (Å²) in [4.78, 5) is 37.1. The first kappa shape index (κ1) is 15.8. The highest BCUT2D eigenvalue weighted by Gasteiger charge is 2.32. The standard InChI is InChI=1S/C16H17NO5/c1-3-9-22-13-10-11(21-2)6-7-12(13)15(19)16(20)17-8-4-5-14(17)18/h3,6-7,10H,1,4-5,8-9H2,2H3. The van der Waals surface area contributed by atoms with Gasteiger partial charge in [0.15, 0.2) is 0 Å². The predicted molar refractivity (Wildman–Crippen MR) is 79.0 cm³/mol. The Kier molecular flexibility index (Phi) is 4.93. The first-order valence-corrected chi connectivity index (χ1v) is 6.89. The highest BCUT2D eigenvalue weighted by Crippen LogP contribution is 2.26. The molecule has 0 unspecified atom stereocenters. The van der Waals surface area contributed by atoms with E-state index in [9.17, 15) is 14.4 Å². The number of Topliss-reactive ketones (excluding diaryl/α,β-unsaturated/α-hetero) is 1. The fourth-order valence-electron chi connectivity index (χ4n) is 2.19. The van der Waals surface area contributed by atoms with Crippen LogP contribution in [0, 0.1) is 0 Å². The van der Waals surface area contributed by atoms with Crippen LogP contribution in [0.1, 0.15) is 23.2 Å². The van der Waals surface area contributed by atoms with Gasteiger partial charge in [0.05, 0.1) is 12.7 Å². The Bertz CT molecular complexity index is 623. The average molecular weight is 303 g/mol. The average Bonchev–Trinajstić information content (AvgIpc) is 2.97. The number of likely N-dealkylation sites (tertiary alicyclic amines) is 1. The zero-order valence-electron chi connectivity index (χ0n) is 12.3. The van der Waals surface area contributed by atoms with Gasteiger partial charge in [0.25, 0.3) is 5.78 Å². The first-order chi connectivity index (χ1) is 10.6. The maximum atomic E-state index is 12.4. The molecule has 116 valence electrons. The normalized spacial score (nSPS) is 13.9. The highest BCUT2D eigenvalue weighted by atomic mass is 16.5. The van der Waals surface area contributed by atoms with E-state index < -0.39 is 11.7 Å². The molecule has 0 atom stereocenters. The molecule has 0 N–H and O–H groups in total. The van der Waals surface area contributed by atoms with Gasteiger partial charge in [-0.05, 0) is 18.6 Å². The Morgan fingerprint density at radius 1 is 1.41 bits per heavy atom. The lowest BCUT2D eigenvalue weighted by Crippen LogP contribution is -2.37. The van der Waals surface area contributed by atoms with Crippen LogP contribution in [0.2, 0.25) is 0 Å². The Labute approximate surface area is 128 Å². The van der Waals surface area contributed by atoms with Gasteiger partial charge in [-0.25, -0.2) is 0 Å². The van der Waals surface area contributed by atoms with Crippen molar-refractivity contribution in [3.8, 4) is 11.5 Å². The lowest BCUT2D eigenvalue weighted by Gasteiger charge is -2.15. The van der Waals surface area contributed by atoms with Crippen LogP contribution in [-0.4, -0.2) is 42.8 Å². The van der Waals surface area contributed by atoms with Crippen molar-refractivity contribution in [2.75, 3.05) is 20.3 Å². The quantitative estimate of drug-likeness (QED) is 0.453. The largest absolute Gasteiger partial charge is 0.497 e. The van der Waals surface area contributed by atoms with Crippen LogP contribution >= 0.6 is 0 Å². The topological polar surface area (TPSA) is 72.9 Å². The van der Waals surface area contributed by atoms with Gasteiger partial charge in [0, 0.05) is 19.0 Å². The summed E-state index contributed by atoms with van der Waals surface area (Å²) in [5.74, 6) is -1.18. The number of benzene rings is 1. The van der Waals surface area contributed by atoms with Crippen molar-refractivity contribution < 1.29 is 23.9 Å². The number of methoxy groups -OCH3 is 1. The molecule has 1 aromatic rings. The van der Waals surface area contributed by atoms with Crippen LogP contribution < -0.4 is 9.47 Å². The van der Waals surface area contributed by atoms with Crippen LogP contribution in [0.3, 0.4) is 0 Å². The molecule has 0 radical (unpaired) electrons. The molecule has 22 heavy (non-hydrogen) atoms. The summed E-state index contributed by atoms with van der Waals surface area (Å²) in [6.45, 7) is 4.00. The highest BCUT2D eigenvalue weighted by molar-refractivity contribution is 6.45. The molecule has 0 aliphatic carbocycles. The molecule has 0 saturated carbocycles. The van der Waals surface area contributed by atoms with E-state index in [1.807, 2.05) is 0 Å². The summed E-state index contributed by atoms with van der Waals surface area (Å²) in [5.41, 5.74) is 0.104. The van der Waals surface area contributed by atoms with E-state index >= 15 is 0 Å². The summed E-state index contributed by atoms with van der Waals surface area (Å²) in [6, 6.07) is 4.54. The molecule has 1 heterocycles. The van der Waals surface area contributed by atoms with E-state index in [0.29, 0.717) is 18.6 Å². The van der Waals surface area contributed by atoms with Gasteiger partial charge < -0.3 is 9.47 Å². The fraction of sp³-hybridized carbons (Fsp3) is 0.312. The van der Waals surface area contributed by atoms with Crippen molar-refractivity contribution in [3.05, 3.63) is 36.4 Å². The molecular weight excluding hydrogens is 286 g/mol. The minimum atomic E-state index is -0.823. The van der Waals surface area contributed by atoms with Crippen molar-refractivity contribution in [3.63, 3.8) is 0 Å². The van der Waals surface area contributed by atoms with Crippen LogP contribution in [0.5, 0.6) is 11.5 Å². The van der Waals surface area contributed by atoms with Crippen molar-refractivity contribution in [2.45, 2.75) is 12.8 Å². The molecule has 0 aromatic heterocycles. The molecule has 1 aliphatic heterocycles. The van der Waals surface area contributed by atoms with Crippen LogP contribution in [-0.2, 0) is 9.59 Å². The summed E-state index contributed by atoms with van der Waals surface area (Å²) >= 11 is 0. The number of hydrogen-bond acceptors (Lipinski definition) is 5. The van der Waals surface area contributed by atoms with Crippen molar-refractivity contribution in [2.24, 2.45) is 0 Å². The number of ketones is 1. The molecule has 2 amide bonds. The van der Waals surface area contributed by atoms with Gasteiger partial charge in [0.2, 0.25) is 5.91 Å². The third kappa shape index (κ3) is 3.16. The number of rotatable bonds is 6. The SMILES string of the molecule is C=CCOc1cc(OC)ccc1C(=O)C(=O)N1CCCC1=O. The van der Waals surface area contributed by atoms with Crippen LogP contribution in [0.25, 0.3) is 0 Å². The Hall–Kier alpha value is -2.63. The zero-order chi connectivity index (χ0) is 16.1. The molecule has 6 nitrogen and oxygen atoms in total. The summed E-state index contributed by atoms with van der Waals surface area (Å²) in [7, 11) is 1.49. The van der Waals surface area contributed by atoms with Crippen molar-refractivity contribution >= 4 is 17.6 Å². The van der Waals surface area contributed by atoms with Gasteiger partial charge >= 0.3 is 5.91 Å². The van der Waals surface area contributed by atoms with Gasteiger partial charge in [-0.1, -0.05) is 12.7 Å². The third-order valence-corrected chi connectivity index (χ3v) is 3.30. The molecule has 1 aliphatic rings. The minimum absolute atomic E-state index is 0.104. The Morgan fingerprint density at radius 2 is 2.18 bits per heavy atom. The van der Waals surface area contributed by atoms with E-state index in [-0.39, 0.29) is 30.4 Å². The zero-order valence-corrected chi connectivity index (χ0v) is 12.3. The van der Waals surface area contributed by atoms with E-state index in [1.165, 1.54) is 25.3 Å². The maximum absolute atomic E-state index is 12.4. The Morgan fingerprint density at radius 3 is 2.77 bits per heavy atom. The molecule has 2 rings (SSSR count). The Balaban J connectivity index is 2.29. The second-order valence-corrected chi connectivity index (χ2v) is 4.74. The van der Waals surface area contributed by atoms with E-state index in [0.717, 1.165) is 4.90 Å². The molecule has 0 bridgehead atoms. The van der Waals surface area contributed by atoms with Crippen LogP contribution in [0.15, 0.2) is 30.9 Å². The van der Waals surface area contributed by atoms with Gasteiger partial charge in [-0.2, -0.15) is 0 Å². The van der Waals surface area contributed by atoms with Gasteiger partial charge in [-0.15, -0.1) is 0 Å². The molecule has 6 heteroatoms. The number of ether oxygens (including phenoxy) is 2. The lowest BCUT2D eigenvalue weighted by atomic mass is 10.1. The second kappa shape index (κ2) is 6.89. The first-order valence-electron chi connectivity index (χ1n) is 6.89. The minimum Gasteiger partial charge on any atom is -0.497 e. The molecular formula is C16H17NO5. The van der Waals surface area contributed by atoms with Gasteiger partial charge in [-0.3, -0.25) is 19.3 Å². The molecule has 0 spiro atoms. The monoisotopic (exact) mass is 303 g/mol. The lowest BCUT2D eigenvalue weighted by molar-refractivity contribution is -0.139. The van der Waals surface area contributed by atoms with Crippen molar-refractivity contribution in [1.29, 1.82) is 0 Å². The maximum Gasteiger partial charge on any atom is 0.301 e. The number of carbonyl (C=O) groups excluding carboxylic acids is 3. The summed E-state index contributed by atoms with van der Waals surface area (Å²) in [5, 5.41) is 0. The smallest absolute Gasteiger partial charge is 0.301 e. The second-order valence-electron chi connectivity index (χ2n) is 4.74. The summed E-state index contributed by atoms with van der Waals surface area (Å²) in [6.07, 6.45) is 2.40. The number of amides is 2. The van der Waals surface area contributed by atoms with E-state index in [1.54, 1.807) is 6.07 Å². The fourth-order valence-corrected chi connectivity index (χ4v) is 2.19. The van der Waals surface area contributed by atoms with Crippen LogP contribution in [0.4, 0.5) is 0 Å². The number of carbonyl (C=O) groups is 3. The molecule has 1 aromatic carbocycles. The number of nitrogens with zero attached hydrogens (tertiary/aromatic N) is 1. The van der Waals surface area contributed by atoms with E-state index in [4.69, 9.17) is 9.47 Å². The molecule has 1 saturated heterocycles. The van der Waals surface area contributed by atoms with Gasteiger partial charge in [0.1, 0.15) is 18.1 Å². The predicted octanol–water partition coefficient (Wildman–Crippen LogP) is 1.59. The third-order valence-electron chi connectivity index (χ3n) is 3.30. The van der Waals surface area contributed by atoms with E-state index in [2.05, 4.69) is 6.58 Å². The van der Waals surface area contributed by atoms with Crippen molar-refractivity contribution in [1.82, 2.24) is 4.90 Å². The number of hydrogen-bond donors (Lipinski definition) is 0. The number of imide groups is 1.